The second-order valence-corrected chi connectivity index (χ2v) is 7.15. The van der Waals surface area contributed by atoms with Crippen LogP contribution in [0.25, 0.3) is 11.3 Å². The molecule has 0 saturated carbocycles. The maximum absolute atomic E-state index is 12.5. The van der Waals surface area contributed by atoms with Crippen LogP contribution in [0.4, 0.5) is 5.82 Å². The third kappa shape index (κ3) is 3.16. The first-order chi connectivity index (χ1) is 13.8. The van der Waals surface area contributed by atoms with E-state index in [-0.39, 0.29) is 17.6 Å². The van der Waals surface area contributed by atoms with Crippen LogP contribution in [0, 0.1) is 0 Å². The minimum Gasteiger partial charge on any atom is -0.377 e. The quantitative estimate of drug-likeness (QED) is 0.739. The Morgan fingerprint density at radius 2 is 2.11 bits per heavy atom. The van der Waals surface area contributed by atoms with Gasteiger partial charge in [0.2, 0.25) is 0 Å². The normalized spacial score (nSPS) is 20.9. The summed E-state index contributed by atoms with van der Waals surface area (Å²) in [5.41, 5.74) is 3.75. The van der Waals surface area contributed by atoms with Gasteiger partial charge in [-0.05, 0) is 49.1 Å². The van der Waals surface area contributed by atoms with Crippen LogP contribution in [0.2, 0.25) is 0 Å². The molecule has 1 aliphatic carbocycles. The first-order valence-electron chi connectivity index (χ1n) is 9.48. The van der Waals surface area contributed by atoms with Crippen LogP contribution in [-0.4, -0.2) is 44.2 Å². The van der Waals surface area contributed by atoms with Crippen molar-refractivity contribution < 1.29 is 4.74 Å². The Hall–Kier alpha value is -3.13. The molecule has 2 aliphatic rings. The Kier molecular flexibility index (Phi) is 4.32. The van der Waals surface area contributed by atoms with Crippen molar-refractivity contribution in [3.63, 3.8) is 0 Å². The lowest BCUT2D eigenvalue weighted by Gasteiger charge is -2.21. The second kappa shape index (κ2) is 7.12. The molecule has 5 rings (SSSR count). The van der Waals surface area contributed by atoms with Crippen molar-refractivity contribution in [1.82, 2.24) is 25.0 Å². The molecule has 0 radical (unpaired) electrons. The maximum atomic E-state index is 12.5. The molecular weight excluding hydrogens is 356 g/mol. The summed E-state index contributed by atoms with van der Waals surface area (Å²) in [7, 11) is 0. The van der Waals surface area contributed by atoms with Gasteiger partial charge in [0.05, 0.1) is 30.6 Å². The number of rotatable bonds is 4. The van der Waals surface area contributed by atoms with E-state index in [1.54, 1.807) is 24.5 Å². The van der Waals surface area contributed by atoms with Gasteiger partial charge in [-0.15, -0.1) is 5.10 Å². The van der Waals surface area contributed by atoms with E-state index >= 15 is 0 Å². The Labute approximate surface area is 161 Å². The van der Waals surface area contributed by atoms with Gasteiger partial charge in [0.25, 0.3) is 5.56 Å². The van der Waals surface area contributed by atoms with Gasteiger partial charge in [0, 0.05) is 24.0 Å². The molecule has 8 heteroatoms. The molecule has 0 aromatic carbocycles. The number of anilines is 1. The van der Waals surface area contributed by atoms with E-state index in [0.29, 0.717) is 18.9 Å². The molecule has 3 aromatic rings. The van der Waals surface area contributed by atoms with Gasteiger partial charge >= 0.3 is 0 Å². The highest BCUT2D eigenvalue weighted by molar-refractivity contribution is 5.56. The number of aromatic nitrogens is 5. The van der Waals surface area contributed by atoms with Gasteiger partial charge in [-0.2, -0.15) is 10.2 Å². The monoisotopic (exact) mass is 376 g/mol. The molecule has 1 N–H and O–H groups in total. The molecule has 2 unspecified atom stereocenters. The maximum Gasteiger partial charge on any atom is 0.267 e. The van der Waals surface area contributed by atoms with Crippen LogP contribution in [0.5, 0.6) is 0 Å². The van der Waals surface area contributed by atoms with Crippen molar-refractivity contribution in [3.8, 4) is 11.3 Å². The molecule has 1 fully saturated rings. The Balaban J connectivity index is 1.43. The molecule has 4 heterocycles. The Bertz CT molecular complexity index is 1050. The van der Waals surface area contributed by atoms with E-state index < -0.39 is 0 Å². The summed E-state index contributed by atoms with van der Waals surface area (Å²) < 4.78 is 7.17. The molecule has 0 spiro atoms. The summed E-state index contributed by atoms with van der Waals surface area (Å²) in [6, 6.07) is 8.77. The first-order valence-corrected chi connectivity index (χ1v) is 9.48. The number of ether oxygens (including phenoxy) is 1. The number of nitrogens with one attached hydrogen (secondary N) is 1. The smallest absolute Gasteiger partial charge is 0.267 e. The molecule has 0 amide bonds. The number of hydrogen-bond donors (Lipinski definition) is 1. The lowest BCUT2D eigenvalue weighted by Crippen LogP contribution is -2.37. The van der Waals surface area contributed by atoms with Crippen molar-refractivity contribution in [1.29, 1.82) is 0 Å². The van der Waals surface area contributed by atoms with Gasteiger partial charge < -0.3 is 10.1 Å². The lowest BCUT2D eigenvalue weighted by atomic mass is 10.1. The summed E-state index contributed by atoms with van der Waals surface area (Å²) in [6.07, 6.45) is 6.61. The molecule has 1 aliphatic heterocycles. The van der Waals surface area contributed by atoms with Crippen LogP contribution in [0.15, 0.2) is 47.5 Å². The molecule has 28 heavy (non-hydrogen) atoms. The summed E-state index contributed by atoms with van der Waals surface area (Å²) >= 11 is 0. The summed E-state index contributed by atoms with van der Waals surface area (Å²) in [5, 5.41) is 16.6. The van der Waals surface area contributed by atoms with Gasteiger partial charge in [-0.25, -0.2) is 4.68 Å². The highest BCUT2D eigenvalue weighted by Gasteiger charge is 2.32. The van der Waals surface area contributed by atoms with E-state index in [2.05, 4.69) is 31.7 Å². The summed E-state index contributed by atoms with van der Waals surface area (Å²) in [5.74, 6) is 0.720. The topological polar surface area (TPSA) is 94.8 Å². The zero-order valence-corrected chi connectivity index (χ0v) is 15.3. The number of hydrogen-bond acceptors (Lipinski definition) is 7. The largest absolute Gasteiger partial charge is 0.377 e. The van der Waals surface area contributed by atoms with Gasteiger partial charge in [-0.3, -0.25) is 9.78 Å². The second-order valence-electron chi connectivity index (χ2n) is 7.15. The molecule has 2 atom stereocenters. The zero-order chi connectivity index (χ0) is 18.9. The fourth-order valence-corrected chi connectivity index (χ4v) is 3.84. The Morgan fingerprint density at radius 1 is 1.14 bits per heavy atom. The van der Waals surface area contributed by atoms with Crippen LogP contribution in [0.3, 0.4) is 0 Å². The van der Waals surface area contributed by atoms with Crippen LogP contribution in [-0.2, 0) is 17.6 Å². The highest BCUT2D eigenvalue weighted by Crippen LogP contribution is 2.25. The number of fused-ring (bicyclic) bond motifs is 1. The van der Waals surface area contributed by atoms with Crippen molar-refractivity contribution >= 4 is 5.82 Å². The van der Waals surface area contributed by atoms with Crippen molar-refractivity contribution in [3.05, 3.63) is 64.3 Å². The van der Waals surface area contributed by atoms with Gasteiger partial charge in [-0.1, -0.05) is 0 Å². The lowest BCUT2D eigenvalue weighted by molar-refractivity contribution is 0.183. The predicted molar refractivity (Wildman–Crippen MR) is 103 cm³/mol. The van der Waals surface area contributed by atoms with Gasteiger partial charge in [0.1, 0.15) is 11.9 Å². The summed E-state index contributed by atoms with van der Waals surface area (Å²) in [6.45, 7) is 0.897. The Morgan fingerprint density at radius 3 is 3.00 bits per heavy atom. The molecule has 0 bridgehead atoms. The third-order valence-corrected chi connectivity index (χ3v) is 5.30. The minimum absolute atomic E-state index is 0.108. The van der Waals surface area contributed by atoms with Crippen molar-refractivity contribution in [2.75, 3.05) is 18.5 Å². The fourth-order valence-electron chi connectivity index (χ4n) is 3.84. The van der Waals surface area contributed by atoms with Crippen LogP contribution < -0.4 is 10.9 Å². The number of nitrogens with zero attached hydrogens (tertiary/aromatic N) is 5. The predicted octanol–water partition coefficient (Wildman–Crippen LogP) is 1.64. The fraction of sp³-hybridized carbons (Fsp3) is 0.350. The van der Waals surface area contributed by atoms with Crippen molar-refractivity contribution in [2.24, 2.45) is 0 Å². The first kappa shape index (κ1) is 17.0. The average molecular weight is 376 g/mol. The SMILES string of the molecule is O=c1ccc(-c2cccnc2)nn1C1COCC1Nc1cc2c(nn1)CCC2. The van der Waals surface area contributed by atoms with Gasteiger partial charge in [0.15, 0.2) is 0 Å². The number of aryl methyl sites for hydroxylation is 2. The summed E-state index contributed by atoms with van der Waals surface area (Å²) in [4.78, 5) is 16.6. The van der Waals surface area contributed by atoms with E-state index in [9.17, 15) is 4.79 Å². The molecule has 8 nitrogen and oxygen atoms in total. The standard InChI is InChI=1S/C20H20N6O2/c27-20-7-6-16(14-4-2-8-21-10-14)25-26(20)18-12-28-11-17(18)22-19-9-13-3-1-5-15(13)23-24-19/h2,4,6-10,17-18H,1,3,5,11-12H2,(H,22,24). The van der Waals surface area contributed by atoms with Crippen LogP contribution in [0.1, 0.15) is 23.7 Å². The average Bonchev–Trinajstić information content (AvgIpc) is 3.38. The van der Waals surface area contributed by atoms with E-state index in [1.165, 1.54) is 10.2 Å². The van der Waals surface area contributed by atoms with E-state index in [1.807, 2.05) is 12.1 Å². The number of pyridine rings is 1. The van der Waals surface area contributed by atoms with Crippen molar-refractivity contribution in [2.45, 2.75) is 31.3 Å². The molecule has 1 saturated heterocycles. The van der Waals surface area contributed by atoms with E-state index in [4.69, 9.17) is 4.74 Å². The molecular formula is C20H20N6O2. The molecule has 142 valence electrons. The third-order valence-electron chi connectivity index (χ3n) is 5.30. The zero-order valence-electron chi connectivity index (χ0n) is 15.3. The minimum atomic E-state index is -0.223. The van der Waals surface area contributed by atoms with E-state index in [0.717, 1.165) is 36.3 Å². The van der Waals surface area contributed by atoms with Crippen LogP contribution >= 0.6 is 0 Å². The highest BCUT2D eigenvalue weighted by atomic mass is 16.5. The molecule has 3 aromatic heterocycles.